The molecule has 0 aliphatic heterocycles. The highest BCUT2D eigenvalue weighted by Gasteiger charge is 2.03. The quantitative estimate of drug-likeness (QED) is 0.777. The molecule has 0 atom stereocenters. The number of furan rings is 1. The molecule has 0 spiro atoms. The van der Waals surface area contributed by atoms with E-state index in [0.717, 1.165) is 37.4 Å². The van der Waals surface area contributed by atoms with E-state index < -0.39 is 0 Å². The molecule has 0 fully saturated rings. The first kappa shape index (κ1) is 13.6. The Morgan fingerprint density at radius 1 is 1.21 bits per heavy atom. The molecule has 0 saturated carbocycles. The minimum Gasteiger partial charge on any atom is -0.472 e. The first-order chi connectivity index (χ1) is 9.29. The number of benzene rings is 1. The Labute approximate surface area is 113 Å². The van der Waals surface area contributed by atoms with Crippen molar-refractivity contribution >= 4 is 5.69 Å². The van der Waals surface area contributed by atoms with Crippen LogP contribution in [0.15, 0.2) is 47.3 Å². The second-order valence-electron chi connectivity index (χ2n) is 4.36. The summed E-state index contributed by atoms with van der Waals surface area (Å²) in [4.78, 5) is 2.21. The van der Waals surface area contributed by atoms with Gasteiger partial charge in [0.2, 0.25) is 0 Å². The topological polar surface area (TPSA) is 28.4 Å². The maximum Gasteiger partial charge on any atom is 0.123 e. The lowest BCUT2D eigenvalue weighted by atomic mass is 10.2. The molecule has 0 aliphatic rings. The Morgan fingerprint density at radius 3 is 2.63 bits per heavy atom. The van der Waals surface area contributed by atoms with Crippen molar-refractivity contribution in [3.8, 4) is 0 Å². The van der Waals surface area contributed by atoms with Gasteiger partial charge in [-0.1, -0.05) is 0 Å². The monoisotopic (exact) mass is 262 g/mol. The summed E-state index contributed by atoms with van der Waals surface area (Å²) in [6.45, 7) is 5.56. The molecule has 0 radical (unpaired) electrons. The average Bonchev–Trinajstić information content (AvgIpc) is 2.93. The van der Waals surface area contributed by atoms with Crippen LogP contribution in [0.25, 0.3) is 0 Å². The fourth-order valence-electron chi connectivity index (χ4n) is 1.96. The number of nitrogens with one attached hydrogen (secondary N) is 1. The molecule has 2 rings (SSSR count). The van der Waals surface area contributed by atoms with Gasteiger partial charge in [0.25, 0.3) is 0 Å². The van der Waals surface area contributed by atoms with Crippen molar-refractivity contribution in [2.45, 2.75) is 13.5 Å². The molecule has 0 unspecified atom stereocenters. The fourth-order valence-corrected chi connectivity index (χ4v) is 1.96. The van der Waals surface area contributed by atoms with E-state index >= 15 is 0 Å². The van der Waals surface area contributed by atoms with E-state index in [-0.39, 0.29) is 5.82 Å². The van der Waals surface area contributed by atoms with Gasteiger partial charge in [-0.3, -0.25) is 0 Å². The van der Waals surface area contributed by atoms with Gasteiger partial charge in [-0.25, -0.2) is 4.39 Å². The van der Waals surface area contributed by atoms with Crippen LogP contribution in [0.2, 0.25) is 0 Å². The summed E-state index contributed by atoms with van der Waals surface area (Å²) in [6, 6.07) is 8.57. The lowest BCUT2D eigenvalue weighted by Crippen LogP contribution is -2.31. The number of hydrogen-bond donors (Lipinski definition) is 1. The van der Waals surface area contributed by atoms with Crippen molar-refractivity contribution in [2.75, 3.05) is 24.5 Å². The zero-order valence-electron chi connectivity index (χ0n) is 11.1. The fraction of sp³-hybridized carbons (Fsp3) is 0.333. The van der Waals surface area contributed by atoms with E-state index in [0.29, 0.717) is 0 Å². The zero-order valence-corrected chi connectivity index (χ0v) is 11.1. The highest BCUT2D eigenvalue weighted by atomic mass is 19.1. The molecule has 1 N–H and O–H groups in total. The Kier molecular flexibility index (Phi) is 4.98. The Morgan fingerprint density at radius 2 is 2.00 bits per heavy atom. The first-order valence-electron chi connectivity index (χ1n) is 6.52. The number of nitrogens with zero attached hydrogens (tertiary/aromatic N) is 1. The number of halogens is 1. The molecule has 2 aromatic rings. The van der Waals surface area contributed by atoms with Crippen LogP contribution in [-0.2, 0) is 6.54 Å². The third kappa shape index (κ3) is 4.10. The third-order valence-electron chi connectivity index (χ3n) is 3.04. The summed E-state index contributed by atoms with van der Waals surface area (Å²) in [5.74, 6) is -0.196. The Bertz CT molecular complexity index is 467. The standard InChI is InChI=1S/C15H19FN2O/c1-2-18(15-5-3-14(16)4-6-15)9-8-17-11-13-7-10-19-12-13/h3-7,10,12,17H,2,8-9,11H2,1H3. The Hall–Kier alpha value is -1.81. The van der Waals surface area contributed by atoms with Crippen LogP contribution < -0.4 is 10.2 Å². The highest BCUT2D eigenvalue weighted by molar-refractivity contribution is 5.46. The molecule has 4 heteroatoms. The average molecular weight is 262 g/mol. The van der Waals surface area contributed by atoms with Gasteiger partial charge in [0.05, 0.1) is 12.5 Å². The molecular formula is C15H19FN2O. The van der Waals surface area contributed by atoms with Gasteiger partial charge < -0.3 is 14.6 Å². The molecule has 0 aliphatic carbocycles. The molecule has 19 heavy (non-hydrogen) atoms. The predicted octanol–water partition coefficient (Wildman–Crippen LogP) is 3.03. The van der Waals surface area contributed by atoms with Gasteiger partial charge in [-0.05, 0) is 37.3 Å². The van der Waals surface area contributed by atoms with Crippen LogP contribution in [0.1, 0.15) is 12.5 Å². The van der Waals surface area contributed by atoms with Crippen LogP contribution >= 0.6 is 0 Å². The van der Waals surface area contributed by atoms with Gasteiger partial charge in [0, 0.05) is 37.4 Å². The van der Waals surface area contributed by atoms with E-state index in [1.807, 2.05) is 18.2 Å². The summed E-state index contributed by atoms with van der Waals surface area (Å²) in [7, 11) is 0. The number of rotatable bonds is 7. The summed E-state index contributed by atoms with van der Waals surface area (Å²) < 4.78 is 17.9. The van der Waals surface area contributed by atoms with Crippen molar-refractivity contribution in [2.24, 2.45) is 0 Å². The van der Waals surface area contributed by atoms with Crippen molar-refractivity contribution in [3.05, 3.63) is 54.2 Å². The zero-order chi connectivity index (χ0) is 13.5. The smallest absolute Gasteiger partial charge is 0.123 e. The lowest BCUT2D eigenvalue weighted by Gasteiger charge is -2.23. The molecule has 0 saturated heterocycles. The largest absolute Gasteiger partial charge is 0.472 e. The van der Waals surface area contributed by atoms with Gasteiger partial charge in [0.15, 0.2) is 0 Å². The molecule has 0 amide bonds. The van der Waals surface area contributed by atoms with Gasteiger partial charge in [-0.15, -0.1) is 0 Å². The predicted molar refractivity (Wildman–Crippen MR) is 74.7 cm³/mol. The second-order valence-corrected chi connectivity index (χ2v) is 4.36. The minimum absolute atomic E-state index is 0.196. The first-order valence-corrected chi connectivity index (χ1v) is 6.52. The van der Waals surface area contributed by atoms with Crippen LogP contribution in [0.4, 0.5) is 10.1 Å². The van der Waals surface area contributed by atoms with Crippen LogP contribution in [-0.4, -0.2) is 19.6 Å². The van der Waals surface area contributed by atoms with Crippen molar-refractivity contribution < 1.29 is 8.81 Å². The van der Waals surface area contributed by atoms with Crippen molar-refractivity contribution in [3.63, 3.8) is 0 Å². The van der Waals surface area contributed by atoms with Crippen molar-refractivity contribution in [1.82, 2.24) is 5.32 Å². The molecule has 1 aromatic carbocycles. The maximum atomic E-state index is 12.9. The van der Waals surface area contributed by atoms with Crippen LogP contribution in [0.5, 0.6) is 0 Å². The maximum absolute atomic E-state index is 12.9. The molecule has 1 aromatic heterocycles. The molecule has 0 bridgehead atoms. The van der Waals surface area contributed by atoms with Gasteiger partial charge in [0.1, 0.15) is 5.82 Å². The van der Waals surface area contributed by atoms with E-state index in [1.165, 1.54) is 12.1 Å². The van der Waals surface area contributed by atoms with E-state index in [1.54, 1.807) is 12.5 Å². The summed E-state index contributed by atoms with van der Waals surface area (Å²) in [5.41, 5.74) is 2.19. The summed E-state index contributed by atoms with van der Waals surface area (Å²) in [6.07, 6.45) is 3.42. The van der Waals surface area contributed by atoms with E-state index in [9.17, 15) is 4.39 Å². The number of likely N-dealkylation sites (N-methyl/N-ethyl adjacent to an activating group) is 1. The van der Waals surface area contributed by atoms with Gasteiger partial charge >= 0.3 is 0 Å². The molecular weight excluding hydrogens is 243 g/mol. The molecule has 102 valence electrons. The lowest BCUT2D eigenvalue weighted by molar-refractivity contribution is 0.560. The molecule has 3 nitrogen and oxygen atoms in total. The van der Waals surface area contributed by atoms with Crippen LogP contribution in [0, 0.1) is 5.82 Å². The number of hydrogen-bond acceptors (Lipinski definition) is 3. The summed E-state index contributed by atoms with van der Waals surface area (Å²) >= 11 is 0. The highest BCUT2D eigenvalue weighted by Crippen LogP contribution is 2.13. The SMILES string of the molecule is CCN(CCNCc1ccoc1)c1ccc(F)cc1. The Balaban J connectivity index is 1.77. The molecule has 1 heterocycles. The normalized spacial score (nSPS) is 10.6. The second kappa shape index (κ2) is 6.95. The number of anilines is 1. The van der Waals surface area contributed by atoms with Crippen LogP contribution in [0.3, 0.4) is 0 Å². The minimum atomic E-state index is -0.196. The van der Waals surface area contributed by atoms with Gasteiger partial charge in [-0.2, -0.15) is 0 Å². The van der Waals surface area contributed by atoms with E-state index in [2.05, 4.69) is 17.1 Å². The van der Waals surface area contributed by atoms with Crippen molar-refractivity contribution in [1.29, 1.82) is 0 Å². The van der Waals surface area contributed by atoms with E-state index in [4.69, 9.17) is 4.42 Å². The summed E-state index contributed by atoms with van der Waals surface area (Å²) in [5, 5.41) is 3.36. The third-order valence-corrected chi connectivity index (χ3v) is 3.04.